The summed E-state index contributed by atoms with van der Waals surface area (Å²) in [6.07, 6.45) is 2.37. The topological polar surface area (TPSA) is 269 Å². The van der Waals surface area contributed by atoms with Crippen molar-refractivity contribution in [2.24, 2.45) is 5.41 Å². The van der Waals surface area contributed by atoms with Crippen molar-refractivity contribution in [3.05, 3.63) is 167 Å². The number of methoxy groups -OCH3 is 2. The molecule has 2 aliphatic rings. The van der Waals surface area contributed by atoms with Gasteiger partial charge in [-0.1, -0.05) is 97.1 Å². The molecule has 2 heterocycles. The van der Waals surface area contributed by atoms with E-state index < -0.39 is 109 Å². The zero-order chi connectivity index (χ0) is 64.2. The lowest BCUT2D eigenvalue weighted by molar-refractivity contribution is -0.164. The van der Waals surface area contributed by atoms with Crippen molar-refractivity contribution in [3.8, 4) is 23.0 Å². The molecule has 2 aliphatic heterocycles. The SMILES string of the molecule is COc1ccc(CC[C@H]2OC(=O)[C@@H]3CNCCN3C(=O)C(=O)C(C)(C)COC(=O)C=CCCN(C)C(=O)[C@@H](Cc3ccccc3)NC(=O)CN(C)C(=O)[C@@H](Cc3ccccc3)NC(=O)[C@H](Cc3ccc(O)cc3)N(C)C(=O)COc3cccc2c3)cc1OC. The second kappa shape index (κ2) is 31.9. The lowest BCUT2D eigenvalue weighted by Crippen LogP contribution is -2.60. The van der Waals surface area contributed by atoms with E-state index in [1.54, 1.807) is 110 Å². The van der Waals surface area contributed by atoms with Crippen molar-refractivity contribution in [1.29, 1.82) is 0 Å². The normalized spacial score (nSPS) is 21.1. The minimum absolute atomic E-state index is 0.0112. The van der Waals surface area contributed by atoms with Gasteiger partial charge in [0.2, 0.25) is 29.4 Å². The zero-order valence-corrected chi connectivity index (χ0v) is 51.3. The van der Waals surface area contributed by atoms with Gasteiger partial charge in [-0.05, 0) is 97.3 Å². The van der Waals surface area contributed by atoms with Gasteiger partial charge in [-0.15, -0.1) is 0 Å². The van der Waals surface area contributed by atoms with Crippen LogP contribution in [0.3, 0.4) is 0 Å². The van der Waals surface area contributed by atoms with Gasteiger partial charge in [-0.3, -0.25) is 33.6 Å². The van der Waals surface area contributed by atoms with E-state index in [0.29, 0.717) is 34.6 Å². The molecule has 1 fully saturated rings. The molecule has 89 heavy (non-hydrogen) atoms. The maximum atomic E-state index is 14.9. The van der Waals surface area contributed by atoms with Crippen LogP contribution in [0, 0.1) is 5.41 Å². The molecule has 4 N–H and O–H groups in total. The van der Waals surface area contributed by atoms with E-state index in [4.69, 9.17) is 23.7 Å². The highest BCUT2D eigenvalue weighted by Gasteiger charge is 2.43. The molecule has 0 aromatic heterocycles. The number of nitrogens with zero attached hydrogens (tertiary/aromatic N) is 4. The number of phenolic OH excluding ortho intramolecular Hbond substituents is 1. The Bertz CT molecular complexity index is 3320. The Hall–Kier alpha value is -9.57. The molecule has 22 heteroatoms. The summed E-state index contributed by atoms with van der Waals surface area (Å²) in [5, 5.41) is 19.0. The van der Waals surface area contributed by atoms with Gasteiger partial charge in [0.15, 0.2) is 18.1 Å². The third-order valence-electron chi connectivity index (χ3n) is 15.5. The Morgan fingerprint density at radius 2 is 1.29 bits per heavy atom. The molecular formula is C67H79N7O15. The number of likely N-dealkylation sites (N-methyl/N-ethyl adjacent to an activating group) is 3. The highest BCUT2D eigenvalue weighted by atomic mass is 16.5. The number of hydrogen-bond donors (Lipinski definition) is 4. The first-order valence-electron chi connectivity index (χ1n) is 29.4. The van der Waals surface area contributed by atoms with E-state index in [9.17, 15) is 48.3 Å². The minimum Gasteiger partial charge on any atom is -0.508 e. The number of fused-ring (bicyclic) bond motifs is 3. The van der Waals surface area contributed by atoms with Gasteiger partial charge >= 0.3 is 11.9 Å². The monoisotopic (exact) mass is 1220 g/mol. The number of benzene rings is 5. The molecule has 0 radical (unpaired) electrons. The summed E-state index contributed by atoms with van der Waals surface area (Å²) >= 11 is 0. The van der Waals surface area contributed by atoms with Gasteiger partial charge in [0.25, 0.3) is 11.8 Å². The number of carbonyl (C=O) groups excluding carboxylic acids is 9. The molecule has 7 rings (SSSR count). The van der Waals surface area contributed by atoms with Crippen molar-refractivity contribution in [1.82, 2.24) is 35.6 Å². The van der Waals surface area contributed by atoms with Crippen LogP contribution in [0.2, 0.25) is 0 Å². The number of esters is 2. The van der Waals surface area contributed by atoms with Gasteiger partial charge in [0.1, 0.15) is 48.4 Å². The first-order valence-corrected chi connectivity index (χ1v) is 29.4. The van der Waals surface area contributed by atoms with E-state index in [1.165, 1.54) is 70.2 Å². The summed E-state index contributed by atoms with van der Waals surface area (Å²) in [4.78, 5) is 133. The average molecular weight is 1220 g/mol. The molecule has 5 atom stereocenters. The molecule has 6 amide bonds. The van der Waals surface area contributed by atoms with E-state index in [-0.39, 0.29) is 69.8 Å². The summed E-state index contributed by atoms with van der Waals surface area (Å²) in [5.74, 6) is -5.49. The molecular weight excluding hydrogens is 1140 g/mol. The smallest absolute Gasteiger partial charge is 0.330 e. The Balaban J connectivity index is 1.21. The summed E-state index contributed by atoms with van der Waals surface area (Å²) in [5.41, 5.74) is 1.71. The maximum Gasteiger partial charge on any atom is 0.330 e. The number of ketones is 1. The van der Waals surface area contributed by atoms with Crippen LogP contribution >= 0.6 is 0 Å². The second-order valence-electron chi connectivity index (χ2n) is 22.7. The highest BCUT2D eigenvalue weighted by molar-refractivity contribution is 6.38. The number of aryl methyl sites for hydroxylation is 1. The fraction of sp³-hybridized carbons (Fsp3) is 0.388. The van der Waals surface area contributed by atoms with Crippen molar-refractivity contribution in [3.63, 3.8) is 0 Å². The Morgan fingerprint density at radius 3 is 1.96 bits per heavy atom. The van der Waals surface area contributed by atoms with Gasteiger partial charge < -0.3 is 64.3 Å². The van der Waals surface area contributed by atoms with Crippen LogP contribution in [0.1, 0.15) is 60.6 Å². The minimum atomic E-state index is -1.54. The predicted molar refractivity (Wildman–Crippen MR) is 328 cm³/mol. The number of amides is 6. The van der Waals surface area contributed by atoms with E-state index in [0.717, 1.165) is 27.0 Å². The van der Waals surface area contributed by atoms with Crippen LogP contribution in [0.25, 0.3) is 0 Å². The summed E-state index contributed by atoms with van der Waals surface area (Å²) < 4.78 is 28.9. The van der Waals surface area contributed by atoms with Crippen LogP contribution in [-0.2, 0) is 78.3 Å². The molecule has 5 aromatic rings. The number of Topliss-reactive ketones (excluding diaryl/α,β-unsaturated/α-hetero) is 1. The highest BCUT2D eigenvalue weighted by Crippen LogP contribution is 2.32. The molecule has 0 aliphatic carbocycles. The lowest BCUT2D eigenvalue weighted by atomic mass is 9.88. The van der Waals surface area contributed by atoms with Crippen LogP contribution in [0.4, 0.5) is 0 Å². The van der Waals surface area contributed by atoms with E-state index in [1.807, 2.05) is 12.1 Å². The summed E-state index contributed by atoms with van der Waals surface area (Å²) in [6.45, 7) is 1.61. The van der Waals surface area contributed by atoms with Gasteiger partial charge in [-0.2, -0.15) is 0 Å². The molecule has 0 unspecified atom stereocenters. The zero-order valence-electron chi connectivity index (χ0n) is 51.3. The van der Waals surface area contributed by atoms with Gasteiger partial charge in [-0.25, -0.2) is 9.59 Å². The largest absolute Gasteiger partial charge is 0.508 e. The third-order valence-corrected chi connectivity index (χ3v) is 15.5. The Morgan fingerprint density at radius 1 is 0.663 bits per heavy atom. The predicted octanol–water partition coefficient (Wildman–Crippen LogP) is 4.35. The number of aromatic hydroxyl groups is 1. The molecule has 2 bridgehead atoms. The number of rotatable bonds is 11. The van der Waals surface area contributed by atoms with Crippen LogP contribution in [0.5, 0.6) is 23.0 Å². The summed E-state index contributed by atoms with van der Waals surface area (Å²) in [6, 6.07) is 31.1. The first-order chi connectivity index (χ1) is 42.6. The maximum absolute atomic E-state index is 14.9. The summed E-state index contributed by atoms with van der Waals surface area (Å²) in [7, 11) is 7.40. The molecule has 0 saturated carbocycles. The number of hydrogen-bond acceptors (Lipinski definition) is 16. The molecule has 5 aromatic carbocycles. The third kappa shape index (κ3) is 19.0. The second-order valence-corrected chi connectivity index (χ2v) is 22.7. The van der Waals surface area contributed by atoms with Crippen molar-refractivity contribution in [2.75, 3.05) is 81.3 Å². The lowest BCUT2D eigenvalue weighted by Gasteiger charge is -2.36. The van der Waals surface area contributed by atoms with E-state index >= 15 is 0 Å². The van der Waals surface area contributed by atoms with Crippen LogP contribution in [-0.4, -0.2) is 183 Å². The molecule has 22 nitrogen and oxygen atoms in total. The Labute approximate surface area is 518 Å². The number of ether oxygens (including phenoxy) is 5. The van der Waals surface area contributed by atoms with Crippen molar-refractivity contribution >= 4 is 53.2 Å². The van der Waals surface area contributed by atoms with Crippen molar-refractivity contribution in [2.45, 2.75) is 82.6 Å². The van der Waals surface area contributed by atoms with Crippen LogP contribution in [0.15, 0.2) is 140 Å². The van der Waals surface area contributed by atoms with E-state index in [2.05, 4.69) is 16.0 Å². The number of piperazine rings is 1. The van der Waals surface area contributed by atoms with Gasteiger partial charge in [0, 0.05) is 72.7 Å². The number of cyclic esters (lactones) is 2. The average Bonchev–Trinajstić information content (AvgIpc) is 3.59. The number of phenols is 1. The first kappa shape index (κ1) is 66.9. The van der Waals surface area contributed by atoms with Crippen LogP contribution < -0.4 is 30.2 Å². The van der Waals surface area contributed by atoms with Crippen molar-refractivity contribution < 1.29 is 71.9 Å². The quantitative estimate of drug-likeness (QED) is 0.106. The fourth-order valence-electron chi connectivity index (χ4n) is 10.3. The number of carbonyl (C=O) groups is 9. The fourth-order valence-corrected chi connectivity index (χ4v) is 10.3. The molecule has 1 saturated heterocycles. The number of nitrogens with one attached hydrogen (secondary N) is 3. The standard InChI is InChI=1S/C67H79N7O15/c1-67(2)43-88-60(78)23-14-15-33-71(3)63(81)51(35-44-17-10-8-11-18-44)69-58(76)41-72(4)64(82)52(36-45-19-12-9-13-20-45)70-62(80)53(37-46-24-28-49(75)29-25-46)73(5)59(77)42-87-50-22-16-21-48(39-50)55(30-26-47-27-31-56(85-6)57(38-47)86-7)89-66(84)54-40-68-32-34-74(54)65(83)61(67)79/h8-14,16-25,27-29,31,38-39,51-55,68,75H,15,26,30,32-37,40-43H2,1-7H3,(H,69,76)(H,70,80)/t51-,52-,53+,54+,55-/m1/s1. The Kier molecular flexibility index (Phi) is 24.0. The molecule has 472 valence electrons. The van der Waals surface area contributed by atoms with Gasteiger partial charge in [0.05, 0.1) is 26.2 Å². The molecule has 0 spiro atoms.